The van der Waals surface area contributed by atoms with Gasteiger partial charge in [-0.15, -0.1) is 0 Å². The predicted molar refractivity (Wildman–Crippen MR) is 60.0 cm³/mol. The van der Waals surface area contributed by atoms with Crippen LogP contribution in [0.15, 0.2) is 23.1 Å². The largest absolute Gasteiger partial charge is 0.378 e. The molecule has 0 saturated carbocycles. The van der Waals surface area contributed by atoms with Crippen LogP contribution in [0.2, 0.25) is 0 Å². The van der Waals surface area contributed by atoms with Gasteiger partial charge in [-0.3, -0.25) is 0 Å². The van der Waals surface area contributed by atoms with Gasteiger partial charge >= 0.3 is 0 Å². The molecule has 0 spiro atoms. The summed E-state index contributed by atoms with van der Waals surface area (Å²) in [6, 6.07) is 7.93. The van der Waals surface area contributed by atoms with Gasteiger partial charge in [0.1, 0.15) is 0 Å². The number of hydrogen-bond donors (Lipinski definition) is 1. The Morgan fingerprint density at radius 1 is 1.56 bits per heavy atom. The first kappa shape index (κ1) is 11.6. The van der Waals surface area contributed by atoms with Gasteiger partial charge in [-0.05, 0) is 23.8 Å². The zero-order valence-electron chi connectivity index (χ0n) is 9.06. The molecule has 1 aliphatic rings. The van der Waals surface area contributed by atoms with Crippen LogP contribution in [-0.4, -0.2) is 34.4 Å². The normalized spacial score (nSPS) is 21.9. The summed E-state index contributed by atoms with van der Waals surface area (Å²) in [6.07, 6.45) is 1.21. The number of hydrogen-bond acceptors (Lipinski definition) is 4. The first-order valence-electron chi connectivity index (χ1n) is 5.10. The van der Waals surface area contributed by atoms with Crippen molar-refractivity contribution in [2.45, 2.75) is 10.9 Å². The second-order valence-electron chi connectivity index (χ2n) is 3.83. The molecule has 1 aromatic rings. The average Bonchev–Trinajstić information content (AvgIpc) is 2.29. The quantitative estimate of drug-likeness (QED) is 0.820. The molecule has 1 aromatic carbocycles. The van der Waals surface area contributed by atoms with Crippen LogP contribution in [0.3, 0.4) is 0 Å². The van der Waals surface area contributed by atoms with E-state index in [4.69, 9.17) is 4.74 Å². The lowest BCUT2D eigenvalue weighted by Gasteiger charge is -2.24. The summed E-state index contributed by atoms with van der Waals surface area (Å²) in [4.78, 5) is 0.327. The lowest BCUT2D eigenvalue weighted by Crippen LogP contribution is -2.34. The highest BCUT2D eigenvalue weighted by molar-refractivity contribution is 7.90. The van der Waals surface area contributed by atoms with Gasteiger partial charge in [0.25, 0.3) is 0 Å². The summed E-state index contributed by atoms with van der Waals surface area (Å²) in [6.45, 7) is 2.04. The lowest BCUT2D eigenvalue weighted by atomic mass is 10.1. The molecule has 1 fully saturated rings. The molecule has 16 heavy (non-hydrogen) atoms. The number of benzene rings is 1. The highest BCUT2D eigenvalue weighted by atomic mass is 32.2. The molecule has 1 aliphatic heterocycles. The molecule has 1 heterocycles. The highest BCUT2D eigenvalue weighted by Crippen LogP contribution is 2.18. The predicted octanol–water partition coefficient (Wildman–Crippen LogP) is 0.551. The Kier molecular flexibility index (Phi) is 3.28. The van der Waals surface area contributed by atoms with Gasteiger partial charge in [-0.2, -0.15) is 0 Å². The van der Waals surface area contributed by atoms with Crippen molar-refractivity contribution in [1.29, 1.82) is 0 Å². The van der Waals surface area contributed by atoms with Crippen LogP contribution in [0.1, 0.15) is 11.6 Å². The van der Waals surface area contributed by atoms with Crippen molar-refractivity contribution in [3.05, 3.63) is 29.8 Å². The second-order valence-corrected chi connectivity index (χ2v) is 5.85. The molecule has 0 amide bonds. The molecule has 5 heteroatoms. The number of rotatable bonds is 2. The zero-order chi connectivity index (χ0) is 11.6. The van der Waals surface area contributed by atoms with Crippen LogP contribution in [0.25, 0.3) is 0 Å². The van der Waals surface area contributed by atoms with E-state index in [2.05, 4.69) is 11.4 Å². The molecule has 4 nitrogen and oxygen atoms in total. The molecule has 1 atom stereocenters. The van der Waals surface area contributed by atoms with Gasteiger partial charge in [0, 0.05) is 12.8 Å². The molecule has 87 valence electrons. The van der Waals surface area contributed by atoms with Crippen LogP contribution in [0.4, 0.5) is 0 Å². The minimum absolute atomic E-state index is 0.0375. The number of sulfone groups is 1. The summed E-state index contributed by atoms with van der Waals surface area (Å²) in [5.74, 6) is 0. The van der Waals surface area contributed by atoms with Crippen LogP contribution in [-0.2, 0) is 14.6 Å². The van der Waals surface area contributed by atoms with Gasteiger partial charge in [0.05, 0.1) is 24.2 Å². The fraction of sp³-hybridized carbons (Fsp3) is 0.455. The third-order valence-electron chi connectivity index (χ3n) is 2.52. The van der Waals surface area contributed by atoms with Gasteiger partial charge in [0.15, 0.2) is 9.84 Å². The van der Waals surface area contributed by atoms with Crippen LogP contribution >= 0.6 is 0 Å². The van der Waals surface area contributed by atoms with Gasteiger partial charge < -0.3 is 10.1 Å². The standard InChI is InChI=1S/C11H14NO3S/c1-16(13,14)10-4-2-3-9(7-10)11-8-15-6-5-12-11/h2,4,7,11-12H,5-6,8H2,1H3. The highest BCUT2D eigenvalue weighted by Gasteiger charge is 2.17. The maximum atomic E-state index is 11.4. The van der Waals surface area contributed by atoms with E-state index >= 15 is 0 Å². The molecule has 1 radical (unpaired) electrons. The van der Waals surface area contributed by atoms with E-state index in [1.807, 2.05) is 0 Å². The Balaban J connectivity index is 2.28. The molecular formula is C11H14NO3S. The van der Waals surface area contributed by atoms with E-state index in [0.717, 1.165) is 12.1 Å². The van der Waals surface area contributed by atoms with Gasteiger partial charge in [-0.1, -0.05) is 6.07 Å². The molecule has 0 aromatic heterocycles. The van der Waals surface area contributed by atoms with Crippen molar-refractivity contribution in [2.75, 3.05) is 26.0 Å². The smallest absolute Gasteiger partial charge is 0.175 e. The van der Waals surface area contributed by atoms with E-state index in [1.54, 1.807) is 18.2 Å². The monoisotopic (exact) mass is 240 g/mol. The van der Waals surface area contributed by atoms with Gasteiger partial charge in [0.2, 0.25) is 0 Å². The Bertz CT molecular complexity index is 464. The maximum Gasteiger partial charge on any atom is 0.175 e. The van der Waals surface area contributed by atoms with Crippen LogP contribution < -0.4 is 5.32 Å². The van der Waals surface area contributed by atoms with Crippen LogP contribution in [0.5, 0.6) is 0 Å². The van der Waals surface area contributed by atoms with Crippen LogP contribution in [0, 0.1) is 6.07 Å². The molecule has 1 N–H and O–H groups in total. The first-order chi connectivity index (χ1) is 7.57. The third-order valence-corrected chi connectivity index (χ3v) is 3.63. The molecule has 2 rings (SSSR count). The van der Waals surface area contributed by atoms with E-state index in [9.17, 15) is 8.42 Å². The topological polar surface area (TPSA) is 55.4 Å². The van der Waals surface area contributed by atoms with Crippen molar-refractivity contribution in [2.24, 2.45) is 0 Å². The van der Waals surface area contributed by atoms with E-state index in [1.165, 1.54) is 6.26 Å². The summed E-state index contributed by atoms with van der Waals surface area (Å²) in [7, 11) is -3.15. The lowest BCUT2D eigenvalue weighted by molar-refractivity contribution is 0.0767. The summed E-state index contributed by atoms with van der Waals surface area (Å²) >= 11 is 0. The fourth-order valence-corrected chi connectivity index (χ4v) is 2.32. The molecule has 1 saturated heterocycles. The summed E-state index contributed by atoms with van der Waals surface area (Å²) in [5.41, 5.74) is 0.836. The SMILES string of the molecule is CS(=O)(=O)c1cc[c]c(C2COCCN2)c1. The van der Waals surface area contributed by atoms with E-state index in [0.29, 0.717) is 18.1 Å². The van der Waals surface area contributed by atoms with Crippen molar-refractivity contribution in [3.8, 4) is 0 Å². The molecule has 0 bridgehead atoms. The molecule has 0 aliphatic carbocycles. The fourth-order valence-electron chi connectivity index (χ4n) is 1.66. The van der Waals surface area contributed by atoms with Gasteiger partial charge in [-0.25, -0.2) is 8.42 Å². The van der Waals surface area contributed by atoms with Crippen molar-refractivity contribution in [3.63, 3.8) is 0 Å². The minimum Gasteiger partial charge on any atom is -0.378 e. The maximum absolute atomic E-state index is 11.4. The second kappa shape index (κ2) is 4.53. The number of morpholine rings is 1. The van der Waals surface area contributed by atoms with E-state index in [-0.39, 0.29) is 6.04 Å². The first-order valence-corrected chi connectivity index (χ1v) is 6.99. The Morgan fingerprint density at radius 2 is 2.38 bits per heavy atom. The number of ether oxygens (including phenoxy) is 1. The average molecular weight is 240 g/mol. The zero-order valence-corrected chi connectivity index (χ0v) is 9.88. The molecular weight excluding hydrogens is 226 g/mol. The van der Waals surface area contributed by atoms with Crippen molar-refractivity contribution < 1.29 is 13.2 Å². The molecule has 1 unspecified atom stereocenters. The summed E-state index contributed by atoms with van der Waals surface area (Å²) < 4.78 is 28.1. The van der Waals surface area contributed by atoms with Crippen molar-refractivity contribution in [1.82, 2.24) is 5.32 Å². The Morgan fingerprint density at radius 3 is 3.00 bits per heavy atom. The summed E-state index contributed by atoms with van der Waals surface area (Å²) in [5, 5.41) is 3.26. The Hall–Kier alpha value is -0.910. The van der Waals surface area contributed by atoms with E-state index < -0.39 is 9.84 Å². The third kappa shape index (κ3) is 2.61. The minimum atomic E-state index is -3.15. The number of nitrogens with one attached hydrogen (secondary N) is 1. The van der Waals surface area contributed by atoms with Crippen molar-refractivity contribution >= 4 is 9.84 Å². The Labute approximate surface area is 95.5 Å².